The first-order chi connectivity index (χ1) is 8.22. The molecule has 0 aromatic carbocycles. The van der Waals surface area contributed by atoms with Gasteiger partial charge in [-0.3, -0.25) is 4.98 Å². The molecule has 2 rings (SSSR count). The lowest BCUT2D eigenvalue weighted by Crippen LogP contribution is -2.34. The quantitative estimate of drug-likeness (QED) is 0.870. The molecule has 0 amide bonds. The fourth-order valence-corrected chi connectivity index (χ4v) is 3.52. The first-order valence-corrected chi connectivity index (χ1v) is 7.50. The normalized spacial score (nSPS) is 20.6. The molecule has 1 aliphatic rings. The minimum Gasteiger partial charge on any atom is -0.316 e. The molecule has 0 aliphatic heterocycles. The molecule has 17 heavy (non-hydrogen) atoms. The molecule has 2 nitrogen and oxygen atoms in total. The van der Waals surface area contributed by atoms with Gasteiger partial charge in [0.25, 0.3) is 0 Å². The van der Waals surface area contributed by atoms with Crippen LogP contribution in [0.25, 0.3) is 0 Å². The highest BCUT2D eigenvalue weighted by molar-refractivity contribution is 7.99. The van der Waals surface area contributed by atoms with Crippen LogP contribution in [-0.2, 0) is 6.42 Å². The van der Waals surface area contributed by atoms with Gasteiger partial charge in [0.05, 0.1) is 0 Å². The molecule has 1 heterocycles. The Labute approximate surface area is 109 Å². The van der Waals surface area contributed by atoms with E-state index in [4.69, 9.17) is 0 Å². The van der Waals surface area contributed by atoms with Crippen molar-refractivity contribution < 1.29 is 0 Å². The van der Waals surface area contributed by atoms with Crippen molar-refractivity contribution >= 4 is 11.8 Å². The second-order valence-corrected chi connectivity index (χ2v) is 6.58. The number of aromatic nitrogens is 1. The van der Waals surface area contributed by atoms with E-state index in [0.717, 1.165) is 0 Å². The number of hydrogen-bond acceptors (Lipinski definition) is 3. The molecule has 3 heteroatoms. The van der Waals surface area contributed by atoms with E-state index in [-0.39, 0.29) is 0 Å². The highest BCUT2D eigenvalue weighted by Gasteiger charge is 2.29. The largest absolute Gasteiger partial charge is 0.316 e. The highest BCUT2D eigenvalue weighted by Crippen LogP contribution is 2.34. The Balaban J connectivity index is 2.06. The third-order valence-corrected chi connectivity index (χ3v) is 4.69. The van der Waals surface area contributed by atoms with Crippen molar-refractivity contribution in [3.8, 4) is 0 Å². The molecule has 2 unspecified atom stereocenters. The summed E-state index contributed by atoms with van der Waals surface area (Å²) in [6, 6.07) is 4.84. The smallest absolute Gasteiger partial charge is 0.0482 e. The van der Waals surface area contributed by atoms with Gasteiger partial charge < -0.3 is 5.32 Å². The molecule has 1 N–H and O–H groups in total. The molecule has 1 aromatic heterocycles. The zero-order valence-electron chi connectivity index (χ0n) is 10.9. The van der Waals surface area contributed by atoms with Crippen LogP contribution in [0.4, 0.5) is 0 Å². The molecule has 94 valence electrons. The van der Waals surface area contributed by atoms with Crippen molar-refractivity contribution in [2.24, 2.45) is 0 Å². The fraction of sp³-hybridized carbons (Fsp3) is 0.643. The number of pyridine rings is 1. The van der Waals surface area contributed by atoms with E-state index in [1.54, 1.807) is 0 Å². The van der Waals surface area contributed by atoms with Gasteiger partial charge in [0.1, 0.15) is 0 Å². The number of nitrogens with one attached hydrogen (secondary N) is 1. The highest BCUT2D eigenvalue weighted by atomic mass is 32.2. The molecule has 0 spiro atoms. The van der Waals surface area contributed by atoms with Crippen LogP contribution in [0.1, 0.15) is 37.4 Å². The summed E-state index contributed by atoms with van der Waals surface area (Å²) in [7, 11) is 2.08. The number of nitrogens with zero attached hydrogens (tertiary/aromatic N) is 1. The SMILES string of the molecule is CNC(CSC(C)C)C1CCc2cccnc21. The molecule has 0 saturated heterocycles. The molecule has 2 atom stereocenters. The second kappa shape index (κ2) is 5.87. The van der Waals surface area contributed by atoms with Gasteiger partial charge in [0.15, 0.2) is 0 Å². The number of fused-ring (bicyclic) bond motifs is 1. The standard InChI is InChI=1S/C14H22N2S/c1-10(2)17-9-13(15-3)12-7-6-11-5-4-8-16-14(11)12/h4-5,8,10,12-13,15H,6-7,9H2,1-3H3. The predicted octanol–water partition coefficient (Wildman–Crippen LogP) is 2.84. The zero-order valence-corrected chi connectivity index (χ0v) is 11.8. The molecular formula is C14H22N2S. The van der Waals surface area contributed by atoms with Crippen molar-refractivity contribution in [1.29, 1.82) is 0 Å². The lowest BCUT2D eigenvalue weighted by molar-refractivity contribution is 0.491. The molecular weight excluding hydrogens is 228 g/mol. The van der Waals surface area contributed by atoms with Crippen LogP contribution in [0.5, 0.6) is 0 Å². The van der Waals surface area contributed by atoms with E-state index in [0.29, 0.717) is 17.2 Å². The van der Waals surface area contributed by atoms with Crippen LogP contribution < -0.4 is 5.32 Å². The van der Waals surface area contributed by atoms with E-state index in [9.17, 15) is 0 Å². The maximum absolute atomic E-state index is 4.59. The average molecular weight is 250 g/mol. The monoisotopic (exact) mass is 250 g/mol. The van der Waals surface area contributed by atoms with Gasteiger partial charge in [-0.25, -0.2) is 0 Å². The van der Waals surface area contributed by atoms with E-state index in [1.807, 2.05) is 18.0 Å². The molecule has 0 radical (unpaired) electrons. The van der Waals surface area contributed by atoms with Crippen LogP contribution in [-0.4, -0.2) is 29.1 Å². The van der Waals surface area contributed by atoms with Gasteiger partial charge in [-0.15, -0.1) is 0 Å². The minimum absolute atomic E-state index is 0.554. The van der Waals surface area contributed by atoms with Gasteiger partial charge in [-0.05, 0) is 36.8 Å². The second-order valence-electron chi connectivity index (χ2n) is 4.97. The third kappa shape index (κ3) is 3.02. The minimum atomic E-state index is 0.554. The Morgan fingerprint density at radius 1 is 1.53 bits per heavy atom. The van der Waals surface area contributed by atoms with Crippen LogP contribution in [0.2, 0.25) is 0 Å². The maximum atomic E-state index is 4.59. The maximum Gasteiger partial charge on any atom is 0.0482 e. The van der Waals surface area contributed by atoms with Crippen LogP contribution in [0.15, 0.2) is 18.3 Å². The van der Waals surface area contributed by atoms with Gasteiger partial charge in [-0.1, -0.05) is 19.9 Å². The molecule has 1 aromatic rings. The fourth-order valence-electron chi connectivity index (χ4n) is 2.53. The van der Waals surface area contributed by atoms with E-state index in [2.05, 4.69) is 43.3 Å². The van der Waals surface area contributed by atoms with Crippen LogP contribution in [0, 0.1) is 0 Å². The summed E-state index contributed by atoms with van der Waals surface area (Å²) >= 11 is 2.04. The lowest BCUT2D eigenvalue weighted by atomic mass is 9.98. The Kier molecular flexibility index (Phi) is 4.46. The molecule has 0 bridgehead atoms. The average Bonchev–Trinajstić information content (AvgIpc) is 2.74. The predicted molar refractivity (Wildman–Crippen MR) is 75.7 cm³/mol. The molecule has 0 fully saturated rings. The number of likely N-dealkylation sites (N-methyl/N-ethyl adjacent to an activating group) is 1. The van der Waals surface area contributed by atoms with Crippen molar-refractivity contribution in [3.05, 3.63) is 29.6 Å². The number of thioether (sulfide) groups is 1. The van der Waals surface area contributed by atoms with Gasteiger partial charge in [0, 0.05) is 29.6 Å². The van der Waals surface area contributed by atoms with E-state index in [1.165, 1.54) is 29.9 Å². The third-order valence-electron chi connectivity index (χ3n) is 3.47. The van der Waals surface area contributed by atoms with Crippen molar-refractivity contribution in [1.82, 2.24) is 10.3 Å². The topological polar surface area (TPSA) is 24.9 Å². The summed E-state index contributed by atoms with van der Waals surface area (Å²) in [5.74, 6) is 1.77. The molecule has 0 saturated carbocycles. The Bertz CT molecular complexity index is 365. The van der Waals surface area contributed by atoms with Gasteiger partial charge in [-0.2, -0.15) is 11.8 Å². The summed E-state index contributed by atoms with van der Waals surface area (Å²) in [5.41, 5.74) is 2.78. The first kappa shape index (κ1) is 12.9. The van der Waals surface area contributed by atoms with E-state index < -0.39 is 0 Å². The van der Waals surface area contributed by atoms with Crippen molar-refractivity contribution in [3.63, 3.8) is 0 Å². The van der Waals surface area contributed by atoms with E-state index >= 15 is 0 Å². The van der Waals surface area contributed by atoms with Crippen molar-refractivity contribution in [2.75, 3.05) is 12.8 Å². The number of hydrogen-bond donors (Lipinski definition) is 1. The Hall–Kier alpha value is -0.540. The van der Waals surface area contributed by atoms with Crippen molar-refractivity contribution in [2.45, 2.75) is 43.9 Å². The van der Waals surface area contributed by atoms with Gasteiger partial charge >= 0.3 is 0 Å². The lowest BCUT2D eigenvalue weighted by Gasteiger charge is -2.23. The van der Waals surface area contributed by atoms with Crippen LogP contribution in [0.3, 0.4) is 0 Å². The summed E-state index contributed by atoms with van der Waals surface area (Å²) in [5, 5.41) is 4.18. The summed E-state index contributed by atoms with van der Waals surface area (Å²) in [6.45, 7) is 4.52. The number of rotatable bonds is 5. The summed E-state index contributed by atoms with van der Waals surface area (Å²) < 4.78 is 0. The van der Waals surface area contributed by atoms with Crippen LogP contribution >= 0.6 is 11.8 Å². The summed E-state index contributed by atoms with van der Waals surface area (Å²) in [6.07, 6.45) is 4.37. The zero-order chi connectivity index (χ0) is 12.3. The first-order valence-electron chi connectivity index (χ1n) is 6.45. The Morgan fingerprint density at radius 2 is 2.35 bits per heavy atom. The van der Waals surface area contributed by atoms with Gasteiger partial charge in [0.2, 0.25) is 0 Å². The Morgan fingerprint density at radius 3 is 3.06 bits per heavy atom. The summed E-state index contributed by atoms with van der Waals surface area (Å²) in [4.78, 5) is 4.59. The number of aryl methyl sites for hydroxylation is 1. The molecule has 1 aliphatic carbocycles.